The molecule has 1 aromatic rings. The third-order valence-electron chi connectivity index (χ3n) is 3.34. The average Bonchev–Trinajstić information content (AvgIpc) is 2.64. The van der Waals surface area contributed by atoms with E-state index < -0.39 is 18.5 Å². The SMILES string of the molecule is COCCN(CCOC)C(=O)N(C[C]=O)C(=O)C=Cc1ccccc1. The largest absolute Gasteiger partial charge is 0.383 e. The molecular weight excluding hydrogens is 324 g/mol. The molecule has 0 atom stereocenters. The fourth-order valence-electron chi connectivity index (χ4n) is 2.00. The lowest BCUT2D eigenvalue weighted by Crippen LogP contribution is -2.48. The number of urea groups is 1. The lowest BCUT2D eigenvalue weighted by Gasteiger charge is -2.27. The standard InChI is InChI=1S/C18H23N2O5/c1-24-14-11-19(12-15-25-2)18(23)20(10-13-21)17(22)9-8-16-6-4-3-5-7-16/h3-9H,10-12,14-15H2,1-2H3. The quantitative estimate of drug-likeness (QED) is 0.597. The third kappa shape index (κ3) is 7.28. The maximum Gasteiger partial charge on any atom is 0.327 e. The summed E-state index contributed by atoms with van der Waals surface area (Å²) >= 11 is 0. The van der Waals surface area contributed by atoms with Gasteiger partial charge in [-0.3, -0.25) is 14.5 Å². The average molecular weight is 347 g/mol. The second kappa shape index (κ2) is 11.9. The number of carbonyl (C=O) groups is 2. The minimum atomic E-state index is -0.586. The Hall–Kier alpha value is -2.51. The number of hydrogen-bond acceptors (Lipinski definition) is 5. The van der Waals surface area contributed by atoms with Crippen LogP contribution in [-0.2, 0) is 19.1 Å². The second-order valence-electron chi connectivity index (χ2n) is 5.07. The van der Waals surface area contributed by atoms with Crippen molar-refractivity contribution in [1.82, 2.24) is 9.80 Å². The Morgan fingerprint density at radius 2 is 1.68 bits per heavy atom. The van der Waals surface area contributed by atoms with Crippen molar-refractivity contribution in [1.29, 1.82) is 0 Å². The summed E-state index contributed by atoms with van der Waals surface area (Å²) in [6, 6.07) is 8.60. The van der Waals surface area contributed by atoms with Gasteiger partial charge in [0.1, 0.15) is 0 Å². The zero-order chi connectivity index (χ0) is 18.5. The van der Waals surface area contributed by atoms with Crippen molar-refractivity contribution in [2.75, 3.05) is 47.1 Å². The summed E-state index contributed by atoms with van der Waals surface area (Å²) in [7, 11) is 3.04. The van der Waals surface area contributed by atoms with Gasteiger partial charge in [0, 0.05) is 33.4 Å². The van der Waals surface area contributed by atoms with Crippen molar-refractivity contribution >= 4 is 24.3 Å². The van der Waals surface area contributed by atoms with Crippen molar-refractivity contribution in [3.8, 4) is 0 Å². The van der Waals surface area contributed by atoms with Crippen LogP contribution in [0.4, 0.5) is 4.79 Å². The van der Waals surface area contributed by atoms with Crippen LogP contribution in [0.25, 0.3) is 6.08 Å². The van der Waals surface area contributed by atoms with Gasteiger partial charge in [-0.05, 0) is 11.6 Å². The molecule has 0 unspecified atom stereocenters. The Labute approximate surface area is 147 Å². The molecule has 7 heteroatoms. The number of benzene rings is 1. The molecule has 0 saturated carbocycles. The smallest absolute Gasteiger partial charge is 0.327 e. The summed E-state index contributed by atoms with van der Waals surface area (Å²) < 4.78 is 9.96. The highest BCUT2D eigenvalue weighted by molar-refractivity contribution is 6.03. The molecular formula is C18H23N2O5. The van der Waals surface area contributed by atoms with E-state index in [0.29, 0.717) is 13.2 Å². The van der Waals surface area contributed by atoms with E-state index in [9.17, 15) is 14.4 Å². The molecule has 0 aliphatic carbocycles. The Morgan fingerprint density at radius 3 is 2.20 bits per heavy atom. The van der Waals surface area contributed by atoms with Crippen molar-refractivity contribution in [2.24, 2.45) is 0 Å². The summed E-state index contributed by atoms with van der Waals surface area (Å²) in [6.07, 6.45) is 4.45. The summed E-state index contributed by atoms with van der Waals surface area (Å²) in [5, 5.41) is 0. The van der Waals surface area contributed by atoms with Crippen LogP contribution in [0.3, 0.4) is 0 Å². The zero-order valence-electron chi connectivity index (χ0n) is 14.5. The Balaban J connectivity index is 2.86. The van der Waals surface area contributed by atoms with Gasteiger partial charge in [-0.2, -0.15) is 0 Å². The number of ether oxygens (including phenoxy) is 2. The van der Waals surface area contributed by atoms with Gasteiger partial charge in [0.05, 0.1) is 19.8 Å². The van der Waals surface area contributed by atoms with E-state index in [4.69, 9.17) is 9.47 Å². The molecule has 7 nitrogen and oxygen atoms in total. The van der Waals surface area contributed by atoms with Crippen LogP contribution in [0.1, 0.15) is 5.56 Å². The van der Waals surface area contributed by atoms with E-state index in [-0.39, 0.29) is 13.1 Å². The third-order valence-corrected chi connectivity index (χ3v) is 3.34. The molecule has 25 heavy (non-hydrogen) atoms. The molecule has 0 bridgehead atoms. The van der Waals surface area contributed by atoms with Crippen LogP contribution >= 0.6 is 0 Å². The molecule has 0 heterocycles. The number of rotatable bonds is 10. The van der Waals surface area contributed by atoms with Gasteiger partial charge in [-0.15, -0.1) is 0 Å². The topological polar surface area (TPSA) is 76.2 Å². The van der Waals surface area contributed by atoms with Crippen molar-refractivity contribution < 1.29 is 23.9 Å². The van der Waals surface area contributed by atoms with Crippen molar-refractivity contribution in [3.05, 3.63) is 42.0 Å². The molecule has 0 aliphatic heterocycles. The molecule has 1 rings (SSSR count). The Morgan fingerprint density at radius 1 is 1.08 bits per heavy atom. The summed E-state index contributed by atoms with van der Waals surface area (Å²) in [5.74, 6) is -0.586. The van der Waals surface area contributed by atoms with Crippen LogP contribution < -0.4 is 0 Å². The summed E-state index contributed by atoms with van der Waals surface area (Å²) in [4.78, 5) is 38.0. The van der Waals surface area contributed by atoms with Gasteiger partial charge in [-0.25, -0.2) is 4.79 Å². The second-order valence-corrected chi connectivity index (χ2v) is 5.07. The lowest BCUT2D eigenvalue weighted by molar-refractivity contribution is -0.123. The molecule has 0 saturated heterocycles. The molecule has 1 radical (unpaired) electrons. The van der Waals surface area contributed by atoms with E-state index in [1.807, 2.05) is 30.3 Å². The van der Waals surface area contributed by atoms with Gasteiger partial charge >= 0.3 is 6.03 Å². The van der Waals surface area contributed by atoms with Gasteiger partial charge in [-0.1, -0.05) is 30.3 Å². The number of hydrogen-bond donors (Lipinski definition) is 0. The van der Waals surface area contributed by atoms with Gasteiger partial charge < -0.3 is 14.4 Å². The van der Waals surface area contributed by atoms with E-state index in [1.165, 1.54) is 25.2 Å². The van der Waals surface area contributed by atoms with E-state index >= 15 is 0 Å². The first-order valence-electron chi connectivity index (χ1n) is 7.80. The van der Waals surface area contributed by atoms with Crippen LogP contribution in [0, 0.1) is 0 Å². The molecule has 0 spiro atoms. The number of amides is 3. The summed E-state index contributed by atoms with van der Waals surface area (Å²) in [5.41, 5.74) is 0.814. The zero-order valence-corrected chi connectivity index (χ0v) is 14.5. The van der Waals surface area contributed by atoms with Crippen molar-refractivity contribution in [2.45, 2.75) is 0 Å². The highest BCUT2D eigenvalue weighted by Gasteiger charge is 2.24. The highest BCUT2D eigenvalue weighted by atomic mass is 16.5. The molecule has 0 fully saturated rings. The Kier molecular flexibility index (Phi) is 9.81. The lowest BCUT2D eigenvalue weighted by atomic mass is 10.2. The highest BCUT2D eigenvalue weighted by Crippen LogP contribution is 2.05. The van der Waals surface area contributed by atoms with E-state index in [0.717, 1.165) is 10.5 Å². The number of carbonyl (C=O) groups excluding carboxylic acids is 3. The fourth-order valence-corrected chi connectivity index (χ4v) is 2.00. The molecule has 1 aromatic carbocycles. The number of methoxy groups -OCH3 is 2. The van der Waals surface area contributed by atoms with Crippen molar-refractivity contribution in [3.63, 3.8) is 0 Å². The normalized spacial score (nSPS) is 10.6. The predicted molar refractivity (Wildman–Crippen MR) is 93.6 cm³/mol. The molecule has 3 amide bonds. The molecule has 0 aliphatic rings. The monoisotopic (exact) mass is 347 g/mol. The molecule has 0 N–H and O–H groups in total. The predicted octanol–water partition coefficient (Wildman–Crippen LogP) is 1.35. The van der Waals surface area contributed by atoms with E-state index in [2.05, 4.69) is 0 Å². The van der Waals surface area contributed by atoms with E-state index in [1.54, 1.807) is 12.4 Å². The van der Waals surface area contributed by atoms with Crippen LogP contribution in [0.15, 0.2) is 36.4 Å². The fraction of sp³-hybridized carbons (Fsp3) is 0.389. The molecule has 135 valence electrons. The first kappa shape index (κ1) is 20.5. The van der Waals surface area contributed by atoms with Gasteiger partial charge in [0.25, 0.3) is 5.91 Å². The van der Waals surface area contributed by atoms with Gasteiger partial charge in [0.2, 0.25) is 6.29 Å². The minimum Gasteiger partial charge on any atom is -0.383 e. The van der Waals surface area contributed by atoms with Crippen LogP contribution in [-0.4, -0.2) is 75.1 Å². The first-order valence-corrected chi connectivity index (χ1v) is 7.80. The van der Waals surface area contributed by atoms with Gasteiger partial charge in [0.15, 0.2) is 0 Å². The Bertz CT molecular complexity index is 566. The van der Waals surface area contributed by atoms with Crippen LogP contribution in [0.5, 0.6) is 0 Å². The molecule has 0 aromatic heterocycles. The number of imide groups is 1. The number of nitrogens with zero attached hydrogens (tertiary/aromatic N) is 2. The van der Waals surface area contributed by atoms with Crippen LogP contribution in [0.2, 0.25) is 0 Å². The summed E-state index contributed by atoms with van der Waals surface area (Å²) in [6.45, 7) is 0.741. The maximum atomic E-state index is 12.6. The first-order chi connectivity index (χ1) is 12.1. The maximum absolute atomic E-state index is 12.6. The minimum absolute atomic E-state index is 0.281.